The van der Waals surface area contributed by atoms with Crippen molar-refractivity contribution >= 4 is 31.9 Å². The lowest BCUT2D eigenvalue weighted by molar-refractivity contribution is 0.129. The third kappa shape index (κ3) is 2.01. The summed E-state index contributed by atoms with van der Waals surface area (Å²) in [7, 11) is 0. The molecule has 0 spiro atoms. The summed E-state index contributed by atoms with van der Waals surface area (Å²) in [4.78, 5) is -0.184. The first kappa shape index (κ1) is 11.6. The molecule has 0 bridgehead atoms. The highest BCUT2D eigenvalue weighted by atomic mass is 79.9. The Kier molecular flexibility index (Phi) is 3.51. The van der Waals surface area contributed by atoms with Crippen molar-refractivity contribution < 1.29 is 4.39 Å². The predicted octanol–water partition coefficient (Wildman–Crippen LogP) is 4.56. The molecule has 0 radical (unpaired) electrons. The lowest BCUT2D eigenvalue weighted by Gasteiger charge is -2.39. The zero-order valence-corrected chi connectivity index (χ0v) is 11.5. The average molecular weight is 336 g/mol. The van der Waals surface area contributed by atoms with Crippen LogP contribution in [0, 0.1) is 0 Å². The molecule has 1 fully saturated rings. The van der Waals surface area contributed by atoms with Gasteiger partial charge in [0.2, 0.25) is 0 Å². The Morgan fingerprint density at radius 1 is 1.07 bits per heavy atom. The fourth-order valence-corrected chi connectivity index (χ4v) is 4.32. The Bertz CT molecular complexity index is 316. The topological polar surface area (TPSA) is 0 Å². The number of hydrogen-bond acceptors (Lipinski definition) is 0. The van der Waals surface area contributed by atoms with E-state index in [9.17, 15) is 4.39 Å². The van der Waals surface area contributed by atoms with Gasteiger partial charge in [0.25, 0.3) is 0 Å². The van der Waals surface area contributed by atoms with E-state index in [1.807, 2.05) is 30.3 Å². The summed E-state index contributed by atoms with van der Waals surface area (Å²) in [6.07, 6.45) is 2.87. The Balaban J connectivity index is 2.38. The second-order valence-corrected chi connectivity index (χ2v) is 6.21. The van der Waals surface area contributed by atoms with Crippen LogP contribution < -0.4 is 0 Å². The molecule has 0 unspecified atom stereocenters. The molecule has 2 atom stereocenters. The first-order valence-electron chi connectivity index (χ1n) is 5.18. The molecule has 0 N–H and O–H groups in total. The maximum absolute atomic E-state index is 15.0. The summed E-state index contributed by atoms with van der Waals surface area (Å²) in [6, 6.07) is 9.44. The lowest BCUT2D eigenvalue weighted by atomic mass is 9.81. The van der Waals surface area contributed by atoms with E-state index >= 15 is 0 Å². The monoisotopic (exact) mass is 334 g/mol. The number of benzene rings is 1. The van der Waals surface area contributed by atoms with Crippen molar-refractivity contribution in [3.05, 3.63) is 35.9 Å². The first-order valence-corrected chi connectivity index (χ1v) is 7.01. The highest BCUT2D eigenvalue weighted by molar-refractivity contribution is 9.10. The van der Waals surface area contributed by atoms with E-state index in [-0.39, 0.29) is 9.65 Å². The van der Waals surface area contributed by atoms with Gasteiger partial charge in [0.05, 0.1) is 9.65 Å². The third-order valence-corrected chi connectivity index (χ3v) is 5.29. The summed E-state index contributed by atoms with van der Waals surface area (Å²) in [6.45, 7) is 0. The normalized spacial score (nSPS) is 30.1. The van der Waals surface area contributed by atoms with Crippen LogP contribution in [0.3, 0.4) is 0 Å². The molecule has 3 heteroatoms. The molecule has 82 valence electrons. The summed E-state index contributed by atoms with van der Waals surface area (Å²) < 4.78 is 15.0. The number of rotatable bonds is 1. The number of halogens is 3. The summed E-state index contributed by atoms with van der Waals surface area (Å²) in [5.41, 5.74) is -0.507. The Labute approximate surface area is 107 Å². The third-order valence-electron chi connectivity index (χ3n) is 3.04. The average Bonchev–Trinajstić information content (AvgIpc) is 2.27. The standard InChI is InChI=1S/C12H13Br2F/c13-10-7-4-8-11(14)12(10,15)9-5-2-1-3-6-9/h1-3,5-6,10-11H,4,7-8H2/t10-,11-/m0/s1. The molecule has 0 aromatic heterocycles. The minimum atomic E-state index is -1.28. The fraction of sp³-hybridized carbons (Fsp3) is 0.500. The Morgan fingerprint density at radius 2 is 1.60 bits per heavy atom. The van der Waals surface area contributed by atoms with Gasteiger partial charge in [0.15, 0.2) is 5.67 Å². The molecule has 2 rings (SSSR count). The van der Waals surface area contributed by atoms with Crippen LogP contribution in [0.15, 0.2) is 30.3 Å². The van der Waals surface area contributed by atoms with Crippen LogP contribution in [0.4, 0.5) is 4.39 Å². The van der Waals surface area contributed by atoms with Crippen molar-refractivity contribution in [2.24, 2.45) is 0 Å². The van der Waals surface area contributed by atoms with Crippen molar-refractivity contribution in [1.29, 1.82) is 0 Å². The van der Waals surface area contributed by atoms with Crippen LogP contribution in [-0.4, -0.2) is 9.65 Å². The number of alkyl halides is 3. The van der Waals surface area contributed by atoms with Crippen LogP contribution >= 0.6 is 31.9 Å². The zero-order valence-electron chi connectivity index (χ0n) is 8.30. The molecule has 1 aliphatic rings. The van der Waals surface area contributed by atoms with E-state index < -0.39 is 5.67 Å². The van der Waals surface area contributed by atoms with Gasteiger partial charge < -0.3 is 0 Å². The van der Waals surface area contributed by atoms with Crippen molar-refractivity contribution in [3.63, 3.8) is 0 Å². The predicted molar refractivity (Wildman–Crippen MR) is 68.5 cm³/mol. The number of hydrogen-bond donors (Lipinski definition) is 0. The fourth-order valence-electron chi connectivity index (χ4n) is 2.15. The van der Waals surface area contributed by atoms with Crippen molar-refractivity contribution in [2.45, 2.75) is 34.6 Å². The molecular weight excluding hydrogens is 323 g/mol. The van der Waals surface area contributed by atoms with Crippen LogP contribution in [0.5, 0.6) is 0 Å². The maximum Gasteiger partial charge on any atom is 0.160 e. The lowest BCUT2D eigenvalue weighted by Crippen LogP contribution is -2.43. The van der Waals surface area contributed by atoms with E-state index in [1.54, 1.807) is 0 Å². The zero-order chi connectivity index (χ0) is 10.9. The molecule has 1 aliphatic carbocycles. The quantitative estimate of drug-likeness (QED) is 0.660. The van der Waals surface area contributed by atoms with Gasteiger partial charge in [-0.15, -0.1) is 0 Å². The molecule has 15 heavy (non-hydrogen) atoms. The molecule has 1 saturated carbocycles. The largest absolute Gasteiger partial charge is 0.236 e. The van der Waals surface area contributed by atoms with Gasteiger partial charge in [-0.3, -0.25) is 0 Å². The molecule has 1 aromatic carbocycles. The van der Waals surface area contributed by atoms with Gasteiger partial charge in [-0.1, -0.05) is 68.6 Å². The summed E-state index contributed by atoms with van der Waals surface area (Å²) in [5.74, 6) is 0. The van der Waals surface area contributed by atoms with Gasteiger partial charge in [-0.2, -0.15) is 0 Å². The van der Waals surface area contributed by atoms with Crippen LogP contribution in [0.2, 0.25) is 0 Å². The van der Waals surface area contributed by atoms with E-state index in [1.165, 1.54) is 0 Å². The van der Waals surface area contributed by atoms with E-state index in [4.69, 9.17) is 0 Å². The van der Waals surface area contributed by atoms with Crippen LogP contribution in [0.25, 0.3) is 0 Å². The van der Waals surface area contributed by atoms with Crippen LogP contribution in [0.1, 0.15) is 24.8 Å². The van der Waals surface area contributed by atoms with Gasteiger partial charge in [-0.25, -0.2) is 4.39 Å². The molecule has 0 amide bonds. The second kappa shape index (κ2) is 4.54. The summed E-state index contributed by atoms with van der Waals surface area (Å²) in [5, 5.41) is 0. The second-order valence-electron chi connectivity index (χ2n) is 4.00. The van der Waals surface area contributed by atoms with Crippen LogP contribution in [-0.2, 0) is 5.67 Å². The first-order chi connectivity index (χ1) is 7.15. The maximum atomic E-state index is 15.0. The SMILES string of the molecule is FC1(c2ccccc2)[C@@H](Br)CCC[C@@H]1Br. The van der Waals surface area contributed by atoms with Gasteiger partial charge in [0.1, 0.15) is 0 Å². The molecular formula is C12H13Br2F. The molecule has 1 aromatic rings. The molecule has 0 heterocycles. The minimum absolute atomic E-state index is 0.0921. The Hall–Kier alpha value is 0.110. The van der Waals surface area contributed by atoms with Gasteiger partial charge >= 0.3 is 0 Å². The molecule has 0 aliphatic heterocycles. The smallest absolute Gasteiger partial charge is 0.160 e. The minimum Gasteiger partial charge on any atom is -0.236 e. The van der Waals surface area contributed by atoms with Crippen molar-refractivity contribution in [1.82, 2.24) is 0 Å². The molecule has 0 saturated heterocycles. The van der Waals surface area contributed by atoms with Gasteiger partial charge in [0, 0.05) is 0 Å². The van der Waals surface area contributed by atoms with E-state index in [0.29, 0.717) is 0 Å². The molecule has 0 nitrogen and oxygen atoms in total. The summed E-state index contributed by atoms with van der Waals surface area (Å²) >= 11 is 6.97. The van der Waals surface area contributed by atoms with Gasteiger partial charge in [-0.05, 0) is 18.4 Å². The van der Waals surface area contributed by atoms with E-state index in [0.717, 1.165) is 24.8 Å². The Morgan fingerprint density at radius 3 is 2.13 bits per heavy atom. The van der Waals surface area contributed by atoms with Crippen molar-refractivity contribution in [3.8, 4) is 0 Å². The highest BCUT2D eigenvalue weighted by Gasteiger charge is 2.47. The van der Waals surface area contributed by atoms with Crippen molar-refractivity contribution in [2.75, 3.05) is 0 Å². The van der Waals surface area contributed by atoms with E-state index in [2.05, 4.69) is 31.9 Å². The highest BCUT2D eigenvalue weighted by Crippen LogP contribution is 2.47.